The van der Waals surface area contributed by atoms with Crippen LogP contribution in [0.1, 0.15) is 84.7 Å². The average molecular weight is 455 g/mol. The van der Waals surface area contributed by atoms with Crippen molar-refractivity contribution < 1.29 is 19.2 Å². The summed E-state index contributed by atoms with van der Waals surface area (Å²) in [5.74, 6) is -0.279. The minimum atomic E-state index is -0.498. The summed E-state index contributed by atoms with van der Waals surface area (Å²) in [7, 11) is 1.68. The lowest BCUT2D eigenvalue weighted by molar-refractivity contribution is -0.384. The zero-order chi connectivity index (χ0) is 23.9. The van der Waals surface area contributed by atoms with E-state index in [0.29, 0.717) is 42.9 Å². The highest BCUT2D eigenvalue weighted by atomic mass is 16.6. The summed E-state index contributed by atoms with van der Waals surface area (Å²) in [5, 5.41) is 16.7. The van der Waals surface area contributed by atoms with E-state index in [-0.39, 0.29) is 40.1 Å². The van der Waals surface area contributed by atoms with Gasteiger partial charge in [-0.2, -0.15) is 5.10 Å². The summed E-state index contributed by atoms with van der Waals surface area (Å²) >= 11 is 0. The monoisotopic (exact) mass is 454 g/mol. The topological polar surface area (TPSA) is 108 Å². The molecule has 1 unspecified atom stereocenters. The van der Waals surface area contributed by atoms with Crippen LogP contribution in [-0.2, 0) is 11.2 Å². The number of fused-ring (bicyclic) bond motifs is 1. The van der Waals surface area contributed by atoms with Gasteiger partial charge in [-0.25, -0.2) is 4.68 Å². The average Bonchev–Trinajstić information content (AvgIpc) is 3.40. The predicted octanol–water partition coefficient (Wildman–Crippen LogP) is 4.27. The maximum Gasteiger partial charge on any atom is 0.295 e. The summed E-state index contributed by atoms with van der Waals surface area (Å²) in [6.07, 6.45) is 3.11. The Labute approximate surface area is 192 Å². The number of carbonyl (C=O) groups excluding carboxylic acids is 2. The van der Waals surface area contributed by atoms with E-state index in [1.165, 1.54) is 10.7 Å². The van der Waals surface area contributed by atoms with Gasteiger partial charge in [0, 0.05) is 38.2 Å². The Morgan fingerprint density at radius 3 is 2.76 bits per heavy atom. The molecule has 1 aliphatic carbocycles. The highest BCUT2D eigenvalue weighted by molar-refractivity contribution is 6.00. The molecule has 9 heteroatoms. The fourth-order valence-corrected chi connectivity index (χ4v) is 4.83. The van der Waals surface area contributed by atoms with Crippen molar-refractivity contribution in [3.05, 3.63) is 50.8 Å². The van der Waals surface area contributed by atoms with Gasteiger partial charge in [-0.1, -0.05) is 20.8 Å². The van der Waals surface area contributed by atoms with E-state index in [1.807, 2.05) is 20.8 Å². The first-order valence-corrected chi connectivity index (χ1v) is 11.4. The number of hydrogen-bond acceptors (Lipinski definition) is 6. The Hall–Kier alpha value is -3.07. The highest BCUT2D eigenvalue weighted by Gasteiger charge is 2.40. The number of aromatic nitrogens is 2. The molecule has 1 amide bonds. The lowest BCUT2D eigenvalue weighted by atomic mass is 9.75. The molecule has 1 aliphatic heterocycles. The number of nitro groups is 1. The fourth-order valence-electron chi connectivity index (χ4n) is 4.83. The first kappa shape index (κ1) is 23.1. The van der Waals surface area contributed by atoms with Crippen molar-refractivity contribution in [2.45, 2.75) is 59.0 Å². The van der Waals surface area contributed by atoms with Crippen LogP contribution in [0.4, 0.5) is 5.69 Å². The molecule has 0 saturated carbocycles. The van der Waals surface area contributed by atoms with E-state index < -0.39 is 4.92 Å². The molecule has 9 nitrogen and oxygen atoms in total. The normalized spacial score (nSPS) is 19.4. The van der Waals surface area contributed by atoms with E-state index in [4.69, 9.17) is 9.84 Å². The van der Waals surface area contributed by atoms with E-state index in [9.17, 15) is 19.7 Å². The van der Waals surface area contributed by atoms with Crippen molar-refractivity contribution in [3.63, 3.8) is 0 Å². The summed E-state index contributed by atoms with van der Waals surface area (Å²) in [6.45, 7) is 7.15. The minimum Gasteiger partial charge on any atom is -0.372 e. The second-order valence-electron chi connectivity index (χ2n) is 9.75. The quantitative estimate of drug-likeness (QED) is 0.476. The van der Waals surface area contributed by atoms with Crippen molar-refractivity contribution in [3.8, 4) is 5.69 Å². The zero-order valence-corrected chi connectivity index (χ0v) is 19.6. The van der Waals surface area contributed by atoms with Crippen LogP contribution in [0.3, 0.4) is 0 Å². The lowest BCUT2D eigenvalue weighted by Crippen LogP contribution is -2.29. The van der Waals surface area contributed by atoms with Crippen molar-refractivity contribution in [1.29, 1.82) is 0 Å². The van der Waals surface area contributed by atoms with E-state index in [0.717, 1.165) is 19.3 Å². The van der Waals surface area contributed by atoms with Crippen molar-refractivity contribution in [2.24, 2.45) is 5.41 Å². The van der Waals surface area contributed by atoms with E-state index in [1.54, 1.807) is 24.1 Å². The molecule has 0 bridgehead atoms. The summed E-state index contributed by atoms with van der Waals surface area (Å²) in [6, 6.07) is 4.45. The van der Waals surface area contributed by atoms with Crippen molar-refractivity contribution in [1.82, 2.24) is 14.7 Å². The smallest absolute Gasteiger partial charge is 0.295 e. The van der Waals surface area contributed by atoms with Gasteiger partial charge >= 0.3 is 0 Å². The van der Waals surface area contributed by atoms with Crippen LogP contribution in [0, 0.1) is 15.5 Å². The van der Waals surface area contributed by atoms with Crippen LogP contribution in [0.25, 0.3) is 5.69 Å². The third-order valence-electron chi connectivity index (χ3n) is 6.36. The van der Waals surface area contributed by atoms with Crippen LogP contribution in [0.5, 0.6) is 0 Å². The third-order valence-corrected chi connectivity index (χ3v) is 6.36. The molecule has 1 aromatic carbocycles. The van der Waals surface area contributed by atoms with Gasteiger partial charge in [0.1, 0.15) is 17.5 Å². The summed E-state index contributed by atoms with van der Waals surface area (Å²) < 4.78 is 7.36. The first-order chi connectivity index (χ1) is 15.6. The van der Waals surface area contributed by atoms with Gasteiger partial charge < -0.3 is 9.64 Å². The molecule has 1 fully saturated rings. The maximum atomic E-state index is 13.1. The summed E-state index contributed by atoms with van der Waals surface area (Å²) in [4.78, 5) is 38.9. The number of amides is 1. The molecule has 2 heterocycles. The Morgan fingerprint density at radius 1 is 1.36 bits per heavy atom. The molecular weight excluding hydrogens is 424 g/mol. The van der Waals surface area contributed by atoms with Crippen LogP contribution >= 0.6 is 0 Å². The van der Waals surface area contributed by atoms with Crippen LogP contribution in [0.2, 0.25) is 0 Å². The van der Waals surface area contributed by atoms with Crippen molar-refractivity contribution >= 4 is 17.4 Å². The number of ether oxygens (including phenoxy) is 1. The molecule has 0 spiro atoms. The number of benzene rings is 1. The van der Waals surface area contributed by atoms with Gasteiger partial charge in [0.25, 0.3) is 11.6 Å². The predicted molar refractivity (Wildman–Crippen MR) is 122 cm³/mol. The van der Waals surface area contributed by atoms with E-state index >= 15 is 0 Å². The number of rotatable bonds is 6. The number of ketones is 1. The minimum absolute atomic E-state index is 0.00589. The van der Waals surface area contributed by atoms with Crippen LogP contribution in [0.15, 0.2) is 18.2 Å². The molecule has 0 N–H and O–H groups in total. The molecule has 176 valence electrons. The number of nitro benzene ring substituents is 1. The Balaban J connectivity index is 1.86. The van der Waals surface area contributed by atoms with Gasteiger partial charge in [-0.3, -0.25) is 19.7 Å². The number of carbonyl (C=O) groups is 2. The molecule has 4 rings (SSSR count). The SMILES string of the molecule is CCCN(C)C(=O)c1ccc(-n2nc(C3CCCO3)c3c2CC(C)(C)CC3=O)c([N+](=O)[O-])c1. The Morgan fingerprint density at radius 2 is 2.12 bits per heavy atom. The highest BCUT2D eigenvalue weighted by Crippen LogP contribution is 2.42. The molecule has 33 heavy (non-hydrogen) atoms. The molecule has 1 aromatic heterocycles. The maximum absolute atomic E-state index is 13.1. The second-order valence-corrected chi connectivity index (χ2v) is 9.75. The molecule has 2 aromatic rings. The molecule has 0 radical (unpaired) electrons. The van der Waals surface area contributed by atoms with Gasteiger partial charge in [0.15, 0.2) is 5.78 Å². The van der Waals surface area contributed by atoms with Crippen molar-refractivity contribution in [2.75, 3.05) is 20.2 Å². The zero-order valence-electron chi connectivity index (χ0n) is 19.6. The first-order valence-electron chi connectivity index (χ1n) is 11.4. The lowest BCUT2D eigenvalue weighted by Gasteiger charge is -2.29. The van der Waals surface area contributed by atoms with E-state index in [2.05, 4.69) is 0 Å². The van der Waals surface area contributed by atoms with Crippen LogP contribution < -0.4 is 0 Å². The second kappa shape index (κ2) is 8.70. The fraction of sp³-hybridized carbons (Fsp3) is 0.542. The standard InChI is InChI=1S/C24H30N4O5/c1-5-10-26(4)23(30)15-8-9-16(17(12-15)28(31)32)27-18-13-24(2,3)14-19(29)21(18)22(25-27)20-7-6-11-33-20/h8-9,12,20H,5-7,10-11,13-14H2,1-4H3. The molecule has 1 saturated heterocycles. The van der Waals surface area contributed by atoms with Gasteiger partial charge in [0.2, 0.25) is 0 Å². The Bertz CT molecular complexity index is 1110. The Kier molecular flexibility index (Phi) is 6.09. The number of Topliss-reactive ketones (excluding diaryl/α,β-unsaturated/α-hetero) is 1. The van der Waals surface area contributed by atoms with Crippen LogP contribution in [-0.4, -0.2) is 51.5 Å². The van der Waals surface area contributed by atoms with Gasteiger partial charge in [-0.05, 0) is 43.2 Å². The summed E-state index contributed by atoms with van der Waals surface area (Å²) in [5.41, 5.74) is 1.78. The van der Waals surface area contributed by atoms with Gasteiger partial charge in [-0.15, -0.1) is 0 Å². The molecule has 2 aliphatic rings. The number of nitrogens with zero attached hydrogens (tertiary/aromatic N) is 4. The van der Waals surface area contributed by atoms with Gasteiger partial charge in [0.05, 0.1) is 16.2 Å². The third kappa shape index (κ3) is 4.29. The number of hydrogen-bond donors (Lipinski definition) is 0. The molecular formula is C24H30N4O5. The largest absolute Gasteiger partial charge is 0.372 e. The molecule has 1 atom stereocenters.